The predicted molar refractivity (Wildman–Crippen MR) is 134 cm³/mol. The van der Waals surface area contributed by atoms with E-state index >= 15 is 0 Å². The van der Waals surface area contributed by atoms with Gasteiger partial charge in [-0.2, -0.15) is 0 Å². The molecular formula is C27H30N4O4. The summed E-state index contributed by atoms with van der Waals surface area (Å²) in [4.78, 5) is 25.3. The Morgan fingerprint density at radius 1 is 0.914 bits per heavy atom. The third-order valence-corrected chi connectivity index (χ3v) is 4.44. The molecule has 0 aliphatic rings. The van der Waals surface area contributed by atoms with E-state index in [-0.39, 0.29) is 18.7 Å². The number of H-pyrrole nitrogens is 1. The molecule has 0 radical (unpaired) electrons. The summed E-state index contributed by atoms with van der Waals surface area (Å²) in [5, 5.41) is 0. The molecule has 0 atom stereocenters. The zero-order chi connectivity index (χ0) is 25.1. The highest BCUT2D eigenvalue weighted by molar-refractivity contribution is 5.75. The monoisotopic (exact) mass is 474 g/mol. The van der Waals surface area contributed by atoms with E-state index in [1.165, 1.54) is 17.5 Å². The number of aromatic amines is 1. The smallest absolute Gasteiger partial charge is 0.223 e. The van der Waals surface area contributed by atoms with Gasteiger partial charge in [-0.15, -0.1) is 0 Å². The predicted octanol–water partition coefficient (Wildman–Crippen LogP) is 3.78. The number of carbonyl (C=O) groups excluding carboxylic acids is 2. The summed E-state index contributed by atoms with van der Waals surface area (Å²) in [7, 11) is 0. The highest BCUT2D eigenvalue weighted by atomic mass is 16.5. The van der Waals surface area contributed by atoms with Crippen molar-refractivity contribution in [3.8, 4) is 11.5 Å². The molecule has 0 fully saturated rings. The van der Waals surface area contributed by atoms with E-state index in [0.717, 1.165) is 23.6 Å². The van der Waals surface area contributed by atoms with Crippen molar-refractivity contribution in [2.24, 2.45) is 11.5 Å². The van der Waals surface area contributed by atoms with Crippen LogP contribution in [0.15, 0.2) is 97.5 Å². The Labute approximate surface area is 204 Å². The lowest BCUT2D eigenvalue weighted by Crippen LogP contribution is -2.13. The molecule has 4 rings (SSSR count). The first-order valence-electron chi connectivity index (χ1n) is 10.9. The molecule has 8 nitrogen and oxygen atoms in total. The van der Waals surface area contributed by atoms with Crippen LogP contribution in [0.25, 0.3) is 0 Å². The second-order valence-corrected chi connectivity index (χ2v) is 7.21. The molecule has 182 valence electrons. The number of para-hydroxylation sites is 1. The minimum atomic E-state index is -0.348. The number of primary amides is 2. The highest BCUT2D eigenvalue weighted by Gasteiger charge is 2.00. The quantitative estimate of drug-likeness (QED) is 0.251. The maximum Gasteiger partial charge on any atom is 0.223 e. The summed E-state index contributed by atoms with van der Waals surface area (Å²) in [5.41, 5.74) is 12.2. The Kier molecular flexibility index (Phi) is 12.4. The average molecular weight is 475 g/mol. The van der Waals surface area contributed by atoms with Crippen molar-refractivity contribution in [3.05, 3.63) is 114 Å². The Bertz CT molecular complexity index is 1100. The molecule has 5 N–H and O–H groups in total. The number of benzene rings is 3. The largest absolute Gasteiger partial charge is 0.457 e. The van der Waals surface area contributed by atoms with Gasteiger partial charge < -0.3 is 25.9 Å². The fourth-order valence-electron chi connectivity index (χ4n) is 2.91. The van der Waals surface area contributed by atoms with Gasteiger partial charge >= 0.3 is 0 Å². The van der Waals surface area contributed by atoms with Crippen molar-refractivity contribution in [1.82, 2.24) is 9.97 Å². The van der Waals surface area contributed by atoms with Crippen molar-refractivity contribution < 1.29 is 19.1 Å². The lowest BCUT2D eigenvalue weighted by molar-refractivity contribution is -0.117. The number of hydrogen-bond acceptors (Lipinski definition) is 5. The van der Waals surface area contributed by atoms with Crippen molar-refractivity contribution >= 4 is 12.3 Å². The number of imidazole rings is 1. The maximum absolute atomic E-state index is 10.2. The molecule has 2 amide bonds. The minimum Gasteiger partial charge on any atom is -0.457 e. The summed E-state index contributed by atoms with van der Waals surface area (Å²) in [5.74, 6) is 1.36. The Balaban J connectivity index is 0.000000299. The van der Waals surface area contributed by atoms with Gasteiger partial charge in [0.2, 0.25) is 12.3 Å². The number of nitrogens with zero attached hydrogens (tertiary/aromatic N) is 1. The number of carbonyl (C=O) groups is 2. The van der Waals surface area contributed by atoms with Gasteiger partial charge in [0.15, 0.2) is 0 Å². The van der Waals surface area contributed by atoms with Crippen LogP contribution in [-0.4, -0.2) is 28.9 Å². The molecule has 35 heavy (non-hydrogen) atoms. The third kappa shape index (κ3) is 11.8. The van der Waals surface area contributed by atoms with Gasteiger partial charge in [0.1, 0.15) is 11.5 Å². The lowest BCUT2D eigenvalue weighted by atomic mass is 10.1. The summed E-state index contributed by atoms with van der Waals surface area (Å²) >= 11 is 0. The standard InChI is InChI=1S/C21H20O2.C5H7N3O.CH3NO/c1-3-8-19(9-4-1)17-22-15-14-18-10-7-13-21(16-18)23-20-11-5-2-6-12-20;6-5(9)1-4-2-7-3-8-4;2-1-3/h1-13,16H,14-15,17H2;2-3H,1H2,(H2,6,9)(H,7,8);1H,(H2,2,3). The molecule has 0 saturated heterocycles. The molecule has 0 spiro atoms. The van der Waals surface area contributed by atoms with Crippen LogP contribution >= 0.6 is 0 Å². The molecule has 3 aromatic carbocycles. The van der Waals surface area contributed by atoms with Gasteiger partial charge in [0.25, 0.3) is 0 Å². The van der Waals surface area contributed by atoms with E-state index in [4.69, 9.17) is 20.0 Å². The van der Waals surface area contributed by atoms with Gasteiger partial charge in [-0.05, 0) is 41.8 Å². The third-order valence-electron chi connectivity index (χ3n) is 4.44. The Hall–Kier alpha value is -4.43. The topological polar surface area (TPSA) is 133 Å². The second-order valence-electron chi connectivity index (χ2n) is 7.21. The van der Waals surface area contributed by atoms with Gasteiger partial charge in [-0.3, -0.25) is 9.59 Å². The van der Waals surface area contributed by atoms with E-state index in [2.05, 4.69) is 40.0 Å². The first-order valence-corrected chi connectivity index (χ1v) is 10.9. The molecule has 8 heteroatoms. The zero-order valence-corrected chi connectivity index (χ0v) is 19.4. The molecule has 1 aromatic heterocycles. The van der Waals surface area contributed by atoms with E-state index in [0.29, 0.717) is 13.2 Å². The number of rotatable bonds is 9. The number of ether oxygens (including phenoxy) is 2. The van der Waals surface area contributed by atoms with Crippen LogP contribution < -0.4 is 16.2 Å². The van der Waals surface area contributed by atoms with Gasteiger partial charge in [-0.1, -0.05) is 60.7 Å². The molecule has 0 saturated carbocycles. The van der Waals surface area contributed by atoms with Crippen LogP contribution in [0.3, 0.4) is 0 Å². The minimum absolute atomic E-state index is 0.236. The molecule has 4 aromatic rings. The number of amides is 2. The van der Waals surface area contributed by atoms with E-state index < -0.39 is 0 Å². The SMILES string of the molecule is NC(=O)Cc1cnc[nH]1.NC=O.c1ccc(COCCc2cccc(Oc3ccccc3)c2)cc1. The average Bonchev–Trinajstić information content (AvgIpc) is 3.37. The summed E-state index contributed by atoms with van der Waals surface area (Å²) < 4.78 is 11.6. The van der Waals surface area contributed by atoms with Crippen molar-refractivity contribution in [1.29, 1.82) is 0 Å². The Morgan fingerprint density at radius 3 is 2.17 bits per heavy atom. The van der Waals surface area contributed by atoms with Crippen LogP contribution in [0.1, 0.15) is 16.8 Å². The van der Waals surface area contributed by atoms with Crippen LogP contribution in [0.5, 0.6) is 11.5 Å². The summed E-state index contributed by atoms with van der Waals surface area (Å²) in [6.45, 7) is 1.35. The maximum atomic E-state index is 10.2. The van der Waals surface area contributed by atoms with E-state index in [1.54, 1.807) is 6.20 Å². The van der Waals surface area contributed by atoms with Crippen LogP contribution in [-0.2, 0) is 33.8 Å². The van der Waals surface area contributed by atoms with E-state index in [1.807, 2.05) is 60.7 Å². The molecule has 0 bridgehead atoms. The zero-order valence-electron chi connectivity index (χ0n) is 19.4. The molecule has 0 unspecified atom stereocenters. The highest BCUT2D eigenvalue weighted by Crippen LogP contribution is 2.22. The van der Waals surface area contributed by atoms with E-state index in [9.17, 15) is 4.79 Å². The van der Waals surface area contributed by atoms with Crippen LogP contribution in [0, 0.1) is 0 Å². The first kappa shape index (κ1) is 26.8. The van der Waals surface area contributed by atoms with Gasteiger partial charge in [0.05, 0.1) is 26.0 Å². The fourth-order valence-corrected chi connectivity index (χ4v) is 2.91. The summed E-state index contributed by atoms with van der Waals surface area (Å²) in [6.07, 6.45) is 4.45. The number of aromatic nitrogens is 2. The van der Waals surface area contributed by atoms with Gasteiger partial charge in [0, 0.05) is 11.9 Å². The summed E-state index contributed by atoms with van der Waals surface area (Å²) in [6, 6.07) is 28.2. The van der Waals surface area contributed by atoms with Crippen molar-refractivity contribution in [2.75, 3.05) is 6.61 Å². The second kappa shape index (κ2) is 16.2. The number of nitrogens with one attached hydrogen (secondary N) is 1. The molecular weight excluding hydrogens is 444 g/mol. The Morgan fingerprint density at radius 2 is 1.54 bits per heavy atom. The lowest BCUT2D eigenvalue weighted by Gasteiger charge is -2.08. The number of hydrogen-bond donors (Lipinski definition) is 3. The van der Waals surface area contributed by atoms with Crippen LogP contribution in [0.4, 0.5) is 0 Å². The number of nitrogens with two attached hydrogens (primary N) is 2. The molecule has 1 heterocycles. The normalized spacial score (nSPS) is 9.60. The van der Waals surface area contributed by atoms with Crippen LogP contribution in [0.2, 0.25) is 0 Å². The molecule has 0 aliphatic heterocycles. The molecule has 0 aliphatic carbocycles. The van der Waals surface area contributed by atoms with Crippen molar-refractivity contribution in [2.45, 2.75) is 19.4 Å². The fraction of sp³-hybridized carbons (Fsp3) is 0.148. The van der Waals surface area contributed by atoms with Crippen molar-refractivity contribution in [3.63, 3.8) is 0 Å². The van der Waals surface area contributed by atoms with Gasteiger partial charge in [-0.25, -0.2) is 4.98 Å². The first-order chi connectivity index (χ1) is 17.1.